The van der Waals surface area contributed by atoms with E-state index in [1.54, 1.807) is 0 Å². The molecule has 1 nitrogen and oxygen atoms in total. The fourth-order valence-electron chi connectivity index (χ4n) is 1.98. The highest BCUT2D eigenvalue weighted by molar-refractivity contribution is 9.10. The van der Waals surface area contributed by atoms with Crippen molar-refractivity contribution >= 4 is 15.9 Å². The first kappa shape index (κ1) is 14.2. The predicted octanol–water partition coefficient (Wildman–Crippen LogP) is 3.84. The Bertz CT molecular complexity index is 555. The van der Waals surface area contributed by atoms with Crippen LogP contribution in [0.2, 0.25) is 0 Å². The van der Waals surface area contributed by atoms with Gasteiger partial charge in [0.05, 0.1) is 0 Å². The predicted molar refractivity (Wildman–Crippen MR) is 75.9 cm³/mol. The van der Waals surface area contributed by atoms with E-state index in [4.69, 9.17) is 5.73 Å². The highest BCUT2D eigenvalue weighted by Gasteiger charge is 2.10. The number of benzene rings is 2. The minimum absolute atomic E-state index is 0.238. The van der Waals surface area contributed by atoms with Gasteiger partial charge in [-0.1, -0.05) is 28.1 Å². The van der Waals surface area contributed by atoms with Gasteiger partial charge < -0.3 is 5.73 Å². The SMILES string of the molecule is NC(Cc1ccc(Br)cc1)Cc1cc(F)ccc1F. The Labute approximate surface area is 119 Å². The molecule has 2 N–H and O–H groups in total. The van der Waals surface area contributed by atoms with E-state index in [9.17, 15) is 8.78 Å². The van der Waals surface area contributed by atoms with E-state index in [0.717, 1.165) is 22.2 Å². The van der Waals surface area contributed by atoms with Crippen molar-refractivity contribution in [2.45, 2.75) is 18.9 Å². The number of rotatable bonds is 4. The van der Waals surface area contributed by atoms with Crippen LogP contribution in [0.4, 0.5) is 8.78 Å². The summed E-state index contributed by atoms with van der Waals surface area (Å²) in [6, 6.07) is 11.0. The average Bonchev–Trinajstić information content (AvgIpc) is 2.37. The van der Waals surface area contributed by atoms with E-state index in [-0.39, 0.29) is 6.04 Å². The Morgan fingerprint density at radius 2 is 1.68 bits per heavy atom. The van der Waals surface area contributed by atoms with Gasteiger partial charge in [-0.2, -0.15) is 0 Å². The number of hydrogen-bond acceptors (Lipinski definition) is 1. The maximum atomic E-state index is 13.5. The monoisotopic (exact) mass is 325 g/mol. The molecule has 0 saturated carbocycles. The van der Waals surface area contributed by atoms with Crippen molar-refractivity contribution in [3.8, 4) is 0 Å². The van der Waals surface area contributed by atoms with Crippen molar-refractivity contribution < 1.29 is 8.78 Å². The zero-order chi connectivity index (χ0) is 13.8. The van der Waals surface area contributed by atoms with E-state index in [0.29, 0.717) is 18.4 Å². The lowest BCUT2D eigenvalue weighted by Gasteiger charge is -2.12. The Kier molecular flexibility index (Phi) is 4.66. The summed E-state index contributed by atoms with van der Waals surface area (Å²) in [4.78, 5) is 0. The third-order valence-corrected chi connectivity index (χ3v) is 3.43. The molecule has 0 radical (unpaired) electrons. The number of hydrogen-bond donors (Lipinski definition) is 1. The maximum Gasteiger partial charge on any atom is 0.126 e. The van der Waals surface area contributed by atoms with Crippen LogP contribution in [0.3, 0.4) is 0 Å². The summed E-state index contributed by atoms with van der Waals surface area (Å²) in [6.07, 6.45) is 0.947. The second-order valence-corrected chi connectivity index (χ2v) is 5.45. The van der Waals surface area contributed by atoms with Crippen molar-refractivity contribution in [1.82, 2.24) is 0 Å². The Hall–Kier alpha value is -1.26. The van der Waals surface area contributed by atoms with Gasteiger partial charge in [0.15, 0.2) is 0 Å². The molecule has 0 aliphatic heterocycles. The third-order valence-electron chi connectivity index (χ3n) is 2.90. The van der Waals surface area contributed by atoms with Gasteiger partial charge in [-0.15, -0.1) is 0 Å². The summed E-state index contributed by atoms with van der Waals surface area (Å²) in [5.74, 6) is -0.847. The molecule has 0 spiro atoms. The Morgan fingerprint density at radius 3 is 2.37 bits per heavy atom. The molecular formula is C15H14BrF2N. The molecule has 0 aromatic heterocycles. The van der Waals surface area contributed by atoms with Crippen LogP contribution in [-0.2, 0) is 12.8 Å². The quantitative estimate of drug-likeness (QED) is 0.908. The number of nitrogens with two attached hydrogens (primary N) is 1. The van der Waals surface area contributed by atoms with Crippen LogP contribution < -0.4 is 5.73 Å². The third kappa shape index (κ3) is 4.11. The average molecular weight is 326 g/mol. The molecular weight excluding hydrogens is 312 g/mol. The minimum Gasteiger partial charge on any atom is -0.327 e. The zero-order valence-electron chi connectivity index (χ0n) is 10.2. The van der Waals surface area contributed by atoms with Gasteiger partial charge in [0, 0.05) is 10.5 Å². The summed E-state index contributed by atoms with van der Waals surface area (Å²) >= 11 is 3.36. The second-order valence-electron chi connectivity index (χ2n) is 4.53. The molecule has 0 aliphatic rings. The molecule has 0 fully saturated rings. The summed E-state index contributed by atoms with van der Waals surface area (Å²) in [6.45, 7) is 0. The maximum absolute atomic E-state index is 13.5. The Morgan fingerprint density at radius 1 is 1.00 bits per heavy atom. The lowest BCUT2D eigenvalue weighted by Crippen LogP contribution is -2.26. The molecule has 100 valence electrons. The van der Waals surface area contributed by atoms with Gasteiger partial charge in [0.25, 0.3) is 0 Å². The second kappa shape index (κ2) is 6.26. The van der Waals surface area contributed by atoms with Crippen molar-refractivity contribution in [1.29, 1.82) is 0 Å². The van der Waals surface area contributed by atoms with Crippen molar-refractivity contribution in [3.63, 3.8) is 0 Å². The molecule has 2 aromatic carbocycles. The van der Waals surface area contributed by atoms with E-state index in [1.165, 1.54) is 6.07 Å². The van der Waals surface area contributed by atoms with Crippen LogP contribution in [0.5, 0.6) is 0 Å². The molecule has 0 amide bonds. The van der Waals surface area contributed by atoms with Gasteiger partial charge in [-0.25, -0.2) is 8.78 Å². The van der Waals surface area contributed by atoms with Gasteiger partial charge >= 0.3 is 0 Å². The summed E-state index contributed by atoms with van der Waals surface area (Å²) < 4.78 is 27.6. The van der Waals surface area contributed by atoms with Gasteiger partial charge in [0.1, 0.15) is 11.6 Å². The summed E-state index contributed by atoms with van der Waals surface area (Å²) in [5, 5.41) is 0. The molecule has 2 aromatic rings. The first-order valence-electron chi connectivity index (χ1n) is 5.98. The smallest absolute Gasteiger partial charge is 0.126 e. The molecule has 4 heteroatoms. The topological polar surface area (TPSA) is 26.0 Å². The lowest BCUT2D eigenvalue weighted by molar-refractivity contribution is 0.566. The minimum atomic E-state index is -0.438. The molecule has 2 rings (SSSR count). The van der Waals surface area contributed by atoms with E-state index >= 15 is 0 Å². The standard InChI is InChI=1S/C15H14BrF2N/c16-12-3-1-10(2-4-12)7-14(19)9-11-8-13(17)5-6-15(11)18/h1-6,8,14H,7,9,19H2. The number of halogens is 3. The van der Waals surface area contributed by atoms with Crippen LogP contribution in [0, 0.1) is 11.6 Å². The molecule has 0 heterocycles. The van der Waals surface area contributed by atoms with Crippen molar-refractivity contribution in [3.05, 3.63) is 69.7 Å². The largest absolute Gasteiger partial charge is 0.327 e. The lowest BCUT2D eigenvalue weighted by atomic mass is 9.99. The fraction of sp³-hybridized carbons (Fsp3) is 0.200. The van der Waals surface area contributed by atoms with Crippen molar-refractivity contribution in [2.24, 2.45) is 5.73 Å². The molecule has 1 atom stereocenters. The highest BCUT2D eigenvalue weighted by atomic mass is 79.9. The molecule has 1 unspecified atom stereocenters. The van der Waals surface area contributed by atoms with Crippen LogP contribution in [-0.4, -0.2) is 6.04 Å². The fourth-order valence-corrected chi connectivity index (χ4v) is 2.24. The highest BCUT2D eigenvalue weighted by Crippen LogP contribution is 2.15. The van der Waals surface area contributed by atoms with E-state index in [1.807, 2.05) is 24.3 Å². The molecule has 0 bridgehead atoms. The zero-order valence-corrected chi connectivity index (χ0v) is 11.8. The first-order chi connectivity index (χ1) is 9.04. The van der Waals surface area contributed by atoms with Gasteiger partial charge in [0.2, 0.25) is 0 Å². The molecule has 0 aliphatic carbocycles. The van der Waals surface area contributed by atoms with Crippen LogP contribution in [0.1, 0.15) is 11.1 Å². The van der Waals surface area contributed by atoms with E-state index in [2.05, 4.69) is 15.9 Å². The molecule has 0 saturated heterocycles. The summed E-state index contributed by atoms with van der Waals surface area (Å²) in [7, 11) is 0. The van der Waals surface area contributed by atoms with Crippen LogP contribution in [0.15, 0.2) is 46.9 Å². The van der Waals surface area contributed by atoms with Gasteiger partial charge in [-0.3, -0.25) is 0 Å². The van der Waals surface area contributed by atoms with Crippen LogP contribution in [0.25, 0.3) is 0 Å². The first-order valence-corrected chi connectivity index (χ1v) is 6.78. The molecule has 19 heavy (non-hydrogen) atoms. The summed E-state index contributed by atoms with van der Waals surface area (Å²) in [5.41, 5.74) is 7.39. The van der Waals surface area contributed by atoms with E-state index < -0.39 is 11.6 Å². The van der Waals surface area contributed by atoms with Crippen molar-refractivity contribution in [2.75, 3.05) is 0 Å². The normalized spacial score (nSPS) is 12.4. The van der Waals surface area contributed by atoms with Crippen LogP contribution >= 0.6 is 15.9 Å². The Balaban J connectivity index is 2.02. The van der Waals surface area contributed by atoms with Gasteiger partial charge in [-0.05, 0) is 54.3 Å².